The van der Waals surface area contributed by atoms with E-state index in [1.165, 1.54) is 6.07 Å². The number of aliphatic imine (C=N–C) groups is 1. The first-order valence-electron chi connectivity index (χ1n) is 9.84. The number of methoxy groups -OCH3 is 1. The summed E-state index contributed by atoms with van der Waals surface area (Å²) in [7, 11) is 1.61. The van der Waals surface area contributed by atoms with Crippen molar-refractivity contribution < 1.29 is 18.7 Å². The van der Waals surface area contributed by atoms with Crippen LogP contribution < -0.4 is 25.4 Å². The van der Waals surface area contributed by atoms with Gasteiger partial charge in [-0.25, -0.2) is 9.38 Å². The van der Waals surface area contributed by atoms with Crippen LogP contribution in [-0.4, -0.2) is 44.7 Å². The Bertz CT molecular complexity index is 827. The van der Waals surface area contributed by atoms with Crippen molar-refractivity contribution in [3.63, 3.8) is 0 Å². The highest BCUT2D eigenvalue weighted by atomic mass is 19.1. The quantitative estimate of drug-likeness (QED) is 0.409. The average Bonchev–Trinajstić information content (AvgIpc) is 2.76. The summed E-state index contributed by atoms with van der Waals surface area (Å²) in [5.41, 5.74) is 0.970. The van der Waals surface area contributed by atoms with Gasteiger partial charge in [-0.3, -0.25) is 4.79 Å². The van der Waals surface area contributed by atoms with Crippen molar-refractivity contribution in [1.29, 1.82) is 0 Å². The maximum absolute atomic E-state index is 13.7. The van der Waals surface area contributed by atoms with Crippen LogP contribution in [0.2, 0.25) is 0 Å². The zero-order valence-electron chi connectivity index (χ0n) is 17.6. The number of carbonyl (C=O) groups excluding carboxylic acids is 1. The van der Waals surface area contributed by atoms with E-state index in [2.05, 4.69) is 20.9 Å². The SMILES string of the molecule is CCNC(=NCC(=O)NCc1ccc(OC)cc1)NCC(C)Oc1ccccc1F. The molecule has 30 heavy (non-hydrogen) atoms. The molecule has 0 aromatic heterocycles. The van der Waals surface area contributed by atoms with Gasteiger partial charge in [0.15, 0.2) is 17.5 Å². The van der Waals surface area contributed by atoms with Gasteiger partial charge in [-0.1, -0.05) is 24.3 Å². The zero-order valence-corrected chi connectivity index (χ0v) is 17.6. The molecule has 8 heteroatoms. The number of guanidine groups is 1. The molecule has 162 valence electrons. The molecule has 2 rings (SSSR count). The van der Waals surface area contributed by atoms with Gasteiger partial charge in [0.2, 0.25) is 5.91 Å². The van der Waals surface area contributed by atoms with Crippen LogP contribution in [0, 0.1) is 5.82 Å². The molecule has 2 aromatic carbocycles. The number of ether oxygens (including phenoxy) is 2. The summed E-state index contributed by atoms with van der Waals surface area (Å²) >= 11 is 0. The van der Waals surface area contributed by atoms with Gasteiger partial charge >= 0.3 is 0 Å². The molecule has 0 radical (unpaired) electrons. The van der Waals surface area contributed by atoms with Crippen LogP contribution in [0.5, 0.6) is 11.5 Å². The number of benzene rings is 2. The van der Waals surface area contributed by atoms with Gasteiger partial charge in [0.1, 0.15) is 18.4 Å². The Kier molecular flexibility index (Phi) is 9.44. The molecule has 0 saturated carbocycles. The minimum atomic E-state index is -0.404. The summed E-state index contributed by atoms with van der Waals surface area (Å²) in [6, 6.07) is 13.7. The van der Waals surface area contributed by atoms with Crippen LogP contribution in [-0.2, 0) is 11.3 Å². The van der Waals surface area contributed by atoms with Crippen molar-refractivity contribution in [2.45, 2.75) is 26.5 Å². The predicted octanol–water partition coefficient (Wildman–Crippen LogP) is 2.47. The second kappa shape index (κ2) is 12.3. The summed E-state index contributed by atoms with van der Waals surface area (Å²) in [6.45, 7) is 5.18. The first-order valence-corrected chi connectivity index (χ1v) is 9.84. The van der Waals surface area contributed by atoms with Gasteiger partial charge in [-0.15, -0.1) is 0 Å². The second-order valence-electron chi connectivity index (χ2n) is 6.56. The van der Waals surface area contributed by atoms with Crippen molar-refractivity contribution >= 4 is 11.9 Å². The van der Waals surface area contributed by atoms with E-state index in [0.29, 0.717) is 25.6 Å². The normalized spacial score (nSPS) is 12.1. The molecule has 2 aromatic rings. The highest BCUT2D eigenvalue weighted by Crippen LogP contribution is 2.16. The molecule has 3 N–H and O–H groups in total. The smallest absolute Gasteiger partial charge is 0.242 e. The third-order valence-electron chi connectivity index (χ3n) is 4.10. The first-order chi connectivity index (χ1) is 14.5. The maximum atomic E-state index is 13.7. The summed E-state index contributed by atoms with van der Waals surface area (Å²) in [5, 5.41) is 9.00. The molecule has 7 nitrogen and oxygen atoms in total. The Hall–Kier alpha value is -3.29. The lowest BCUT2D eigenvalue weighted by Crippen LogP contribution is -2.42. The van der Waals surface area contributed by atoms with Crippen LogP contribution in [0.1, 0.15) is 19.4 Å². The topological polar surface area (TPSA) is 84.0 Å². The molecular weight excluding hydrogens is 387 g/mol. The molecule has 0 spiro atoms. The summed E-state index contributed by atoms with van der Waals surface area (Å²) < 4.78 is 24.4. The third kappa shape index (κ3) is 7.98. The standard InChI is InChI=1S/C22H29FN4O3/c1-4-24-22(26-13-16(2)30-20-8-6-5-7-19(20)23)27-15-21(28)25-14-17-9-11-18(29-3)12-10-17/h5-12,16H,4,13-15H2,1-3H3,(H,25,28)(H2,24,26,27). The van der Waals surface area contributed by atoms with E-state index in [9.17, 15) is 9.18 Å². The number of nitrogens with zero attached hydrogens (tertiary/aromatic N) is 1. The van der Waals surface area contributed by atoms with Crippen molar-refractivity contribution in [3.05, 3.63) is 59.9 Å². The summed E-state index contributed by atoms with van der Waals surface area (Å²) in [6.07, 6.45) is -0.297. The highest BCUT2D eigenvalue weighted by molar-refractivity contribution is 5.84. The molecule has 0 heterocycles. The van der Waals surface area contributed by atoms with Crippen LogP contribution in [0.4, 0.5) is 4.39 Å². The van der Waals surface area contributed by atoms with Crippen molar-refractivity contribution in [1.82, 2.24) is 16.0 Å². The van der Waals surface area contributed by atoms with Gasteiger partial charge in [0, 0.05) is 13.1 Å². The Labute approximate surface area is 176 Å². The Morgan fingerprint density at radius 3 is 2.50 bits per heavy atom. The minimum Gasteiger partial charge on any atom is -0.497 e. The van der Waals surface area contributed by atoms with Gasteiger partial charge in [0.05, 0.1) is 13.7 Å². The molecule has 0 saturated heterocycles. The van der Waals surface area contributed by atoms with Crippen LogP contribution in [0.25, 0.3) is 0 Å². The Morgan fingerprint density at radius 2 is 1.83 bits per heavy atom. The molecule has 0 aliphatic carbocycles. The number of halogens is 1. The van der Waals surface area contributed by atoms with Gasteiger partial charge in [-0.2, -0.15) is 0 Å². The van der Waals surface area contributed by atoms with Crippen molar-refractivity contribution in [2.75, 3.05) is 26.7 Å². The molecular formula is C22H29FN4O3. The van der Waals surface area contributed by atoms with E-state index in [0.717, 1.165) is 11.3 Å². The zero-order chi connectivity index (χ0) is 21.8. The lowest BCUT2D eigenvalue weighted by molar-refractivity contribution is -0.119. The maximum Gasteiger partial charge on any atom is 0.242 e. The number of hydrogen-bond donors (Lipinski definition) is 3. The molecule has 0 aliphatic heterocycles. The van der Waals surface area contributed by atoms with E-state index in [4.69, 9.17) is 9.47 Å². The van der Waals surface area contributed by atoms with Crippen molar-refractivity contribution in [2.24, 2.45) is 4.99 Å². The molecule has 0 aliphatic rings. The fourth-order valence-corrected chi connectivity index (χ4v) is 2.53. The van der Waals surface area contributed by atoms with E-state index in [-0.39, 0.29) is 24.3 Å². The lowest BCUT2D eigenvalue weighted by atomic mass is 10.2. The van der Waals surface area contributed by atoms with E-state index in [1.807, 2.05) is 38.1 Å². The number of amides is 1. The van der Waals surface area contributed by atoms with Crippen LogP contribution >= 0.6 is 0 Å². The third-order valence-corrected chi connectivity index (χ3v) is 4.10. The summed E-state index contributed by atoms with van der Waals surface area (Å²) in [5.74, 6) is 0.856. The number of nitrogens with one attached hydrogen (secondary N) is 3. The van der Waals surface area contributed by atoms with Crippen LogP contribution in [0.3, 0.4) is 0 Å². The Balaban J connectivity index is 1.79. The van der Waals surface area contributed by atoms with E-state index in [1.54, 1.807) is 25.3 Å². The monoisotopic (exact) mass is 416 g/mol. The van der Waals surface area contributed by atoms with E-state index < -0.39 is 5.82 Å². The number of hydrogen-bond acceptors (Lipinski definition) is 4. The Morgan fingerprint density at radius 1 is 1.10 bits per heavy atom. The van der Waals surface area contributed by atoms with Crippen LogP contribution in [0.15, 0.2) is 53.5 Å². The van der Waals surface area contributed by atoms with Gasteiger partial charge in [-0.05, 0) is 43.7 Å². The molecule has 1 atom stereocenters. The second-order valence-corrected chi connectivity index (χ2v) is 6.56. The molecule has 0 bridgehead atoms. The number of para-hydroxylation sites is 1. The molecule has 1 amide bonds. The lowest BCUT2D eigenvalue weighted by Gasteiger charge is -2.18. The fraction of sp³-hybridized carbons (Fsp3) is 0.364. The number of carbonyl (C=O) groups is 1. The van der Waals surface area contributed by atoms with Crippen molar-refractivity contribution in [3.8, 4) is 11.5 Å². The van der Waals surface area contributed by atoms with E-state index >= 15 is 0 Å². The molecule has 1 unspecified atom stereocenters. The highest BCUT2D eigenvalue weighted by Gasteiger charge is 2.09. The van der Waals surface area contributed by atoms with Gasteiger partial charge < -0.3 is 25.4 Å². The molecule has 0 fully saturated rings. The largest absolute Gasteiger partial charge is 0.497 e. The van der Waals surface area contributed by atoms with Gasteiger partial charge in [0.25, 0.3) is 0 Å². The average molecular weight is 416 g/mol. The predicted molar refractivity (Wildman–Crippen MR) is 115 cm³/mol. The fourth-order valence-electron chi connectivity index (χ4n) is 2.53. The summed E-state index contributed by atoms with van der Waals surface area (Å²) in [4.78, 5) is 16.4. The minimum absolute atomic E-state index is 0.0198. The first kappa shape index (κ1) is 23.0. The number of rotatable bonds is 10.